The lowest BCUT2D eigenvalue weighted by molar-refractivity contribution is 0.245. The van der Waals surface area contributed by atoms with E-state index in [2.05, 4.69) is 9.80 Å². The molecule has 0 atom stereocenters. The Kier molecular flexibility index (Phi) is 5.67. The number of methoxy groups -OCH3 is 1. The molecule has 7 heteroatoms. The molecule has 0 unspecified atom stereocenters. The van der Waals surface area contributed by atoms with Crippen LogP contribution in [0.4, 0.5) is 10.1 Å². The molecule has 1 aromatic carbocycles. The predicted molar refractivity (Wildman–Crippen MR) is 111 cm³/mol. The van der Waals surface area contributed by atoms with Crippen molar-refractivity contribution >= 4 is 5.69 Å². The van der Waals surface area contributed by atoms with E-state index >= 15 is 0 Å². The van der Waals surface area contributed by atoms with Gasteiger partial charge in [0.1, 0.15) is 11.6 Å². The molecule has 156 valence electrons. The van der Waals surface area contributed by atoms with Crippen LogP contribution >= 0.6 is 0 Å². The zero-order chi connectivity index (χ0) is 20.4. The highest BCUT2D eigenvalue weighted by Gasteiger charge is 2.23. The van der Waals surface area contributed by atoms with Crippen LogP contribution in [0.15, 0.2) is 30.4 Å². The van der Waals surface area contributed by atoms with Gasteiger partial charge in [-0.1, -0.05) is 12.2 Å². The Hall–Kier alpha value is -2.67. The van der Waals surface area contributed by atoms with Crippen molar-refractivity contribution < 1.29 is 19.3 Å². The van der Waals surface area contributed by atoms with Gasteiger partial charge < -0.3 is 19.8 Å². The lowest BCUT2D eigenvalue weighted by atomic mass is 10.0. The summed E-state index contributed by atoms with van der Waals surface area (Å²) in [6.07, 6.45) is 6.24. The fourth-order valence-corrected chi connectivity index (χ4v) is 4.31. The van der Waals surface area contributed by atoms with Gasteiger partial charge in [-0.05, 0) is 37.9 Å². The summed E-state index contributed by atoms with van der Waals surface area (Å²) in [5.74, 6) is 0.832. The van der Waals surface area contributed by atoms with Crippen molar-refractivity contribution in [3.05, 3.63) is 47.3 Å². The van der Waals surface area contributed by atoms with E-state index in [0.717, 1.165) is 56.0 Å². The molecule has 29 heavy (non-hydrogen) atoms. The van der Waals surface area contributed by atoms with Gasteiger partial charge in [0.25, 0.3) is 0 Å². The number of hydrogen-bond acceptors (Lipinski definition) is 5. The molecule has 1 aliphatic carbocycles. The van der Waals surface area contributed by atoms with Crippen LogP contribution in [-0.4, -0.2) is 59.5 Å². The highest BCUT2D eigenvalue weighted by Crippen LogP contribution is 2.37. The average Bonchev–Trinajstić information content (AvgIpc) is 2.99. The topological polar surface area (TPSA) is 61.1 Å². The molecular weight excluding hydrogens is 373 g/mol. The number of halogens is 1. The Morgan fingerprint density at radius 3 is 2.24 bits per heavy atom. The fourth-order valence-electron chi connectivity index (χ4n) is 4.31. The van der Waals surface area contributed by atoms with Gasteiger partial charge in [-0.25, -0.2) is 4.39 Å². The number of hydrogen-bond donors (Lipinski definition) is 2. The molecule has 2 aliphatic rings. The lowest BCUT2D eigenvalue weighted by Crippen LogP contribution is -2.46. The summed E-state index contributed by atoms with van der Waals surface area (Å²) in [6, 6.07) is 4.61. The zero-order valence-corrected chi connectivity index (χ0v) is 16.8. The fraction of sp³-hybridized carbons (Fsp3) is 0.455. The number of aromatic hydroxyl groups is 2. The monoisotopic (exact) mass is 401 g/mol. The maximum absolute atomic E-state index is 13.7. The van der Waals surface area contributed by atoms with E-state index in [4.69, 9.17) is 4.74 Å². The molecule has 2 aromatic rings. The predicted octanol–water partition coefficient (Wildman–Crippen LogP) is 2.91. The van der Waals surface area contributed by atoms with Crippen LogP contribution < -0.4 is 9.64 Å². The van der Waals surface area contributed by atoms with E-state index in [1.54, 1.807) is 17.7 Å². The number of rotatable bonds is 6. The van der Waals surface area contributed by atoms with Crippen LogP contribution in [0.3, 0.4) is 0 Å². The Bertz CT molecular complexity index is 870. The van der Waals surface area contributed by atoms with Crippen molar-refractivity contribution in [3.63, 3.8) is 0 Å². The number of benzene rings is 1. The number of nitrogens with zero attached hydrogens (tertiary/aromatic N) is 3. The summed E-state index contributed by atoms with van der Waals surface area (Å²) < 4.78 is 20.7. The third-order valence-electron chi connectivity index (χ3n) is 5.94. The van der Waals surface area contributed by atoms with Crippen LogP contribution in [-0.2, 0) is 19.4 Å². The summed E-state index contributed by atoms with van der Waals surface area (Å²) in [6.45, 7) is 4.84. The minimum atomic E-state index is -0.257. The first kappa shape index (κ1) is 19.6. The van der Waals surface area contributed by atoms with E-state index in [1.807, 2.05) is 12.2 Å². The Morgan fingerprint density at radius 1 is 0.966 bits per heavy atom. The lowest BCUT2D eigenvalue weighted by Gasteiger charge is -2.36. The molecule has 2 N–H and O–H groups in total. The van der Waals surface area contributed by atoms with Crippen LogP contribution in [0.1, 0.15) is 17.5 Å². The SMILES string of the molecule is COc1ccc(F)cc1N1CCN(CCCn2c(O)c3c(c2O)CC=CC3)CC1. The highest BCUT2D eigenvalue weighted by atomic mass is 19.1. The first-order chi connectivity index (χ1) is 14.1. The minimum absolute atomic E-state index is 0.199. The number of allylic oxidation sites excluding steroid dienone is 2. The van der Waals surface area contributed by atoms with Gasteiger partial charge >= 0.3 is 0 Å². The molecule has 0 bridgehead atoms. The van der Waals surface area contributed by atoms with E-state index in [9.17, 15) is 14.6 Å². The summed E-state index contributed by atoms with van der Waals surface area (Å²) in [7, 11) is 1.60. The third-order valence-corrected chi connectivity index (χ3v) is 5.94. The Balaban J connectivity index is 1.30. The van der Waals surface area contributed by atoms with Gasteiger partial charge in [-0.15, -0.1) is 0 Å². The first-order valence-corrected chi connectivity index (χ1v) is 10.2. The molecule has 2 heterocycles. The van der Waals surface area contributed by atoms with Crippen molar-refractivity contribution in [1.29, 1.82) is 0 Å². The molecule has 1 aromatic heterocycles. The average molecular weight is 401 g/mol. The van der Waals surface area contributed by atoms with Crippen LogP contribution in [0.5, 0.6) is 17.5 Å². The van der Waals surface area contributed by atoms with Crippen LogP contribution in [0, 0.1) is 5.82 Å². The van der Waals surface area contributed by atoms with Crippen molar-refractivity contribution in [2.24, 2.45) is 0 Å². The van der Waals surface area contributed by atoms with Crippen molar-refractivity contribution in [3.8, 4) is 17.5 Å². The largest absolute Gasteiger partial charge is 0.495 e. The van der Waals surface area contributed by atoms with Gasteiger partial charge in [-0.2, -0.15) is 0 Å². The Morgan fingerprint density at radius 2 is 1.62 bits per heavy atom. The van der Waals surface area contributed by atoms with Gasteiger partial charge in [-0.3, -0.25) is 9.47 Å². The molecule has 0 spiro atoms. The summed E-state index contributed by atoms with van der Waals surface area (Å²) in [5, 5.41) is 20.9. The van der Waals surface area contributed by atoms with Gasteiger partial charge in [0.15, 0.2) is 11.8 Å². The molecule has 0 radical (unpaired) electrons. The van der Waals surface area contributed by atoms with E-state index < -0.39 is 0 Å². The first-order valence-electron chi connectivity index (χ1n) is 10.2. The van der Waals surface area contributed by atoms with Gasteiger partial charge in [0, 0.05) is 49.9 Å². The molecule has 1 aliphatic heterocycles. The van der Waals surface area contributed by atoms with Crippen molar-refractivity contribution in [1.82, 2.24) is 9.47 Å². The number of fused-ring (bicyclic) bond motifs is 1. The molecule has 6 nitrogen and oxygen atoms in total. The Labute approximate surface area is 170 Å². The van der Waals surface area contributed by atoms with E-state index in [1.165, 1.54) is 12.1 Å². The van der Waals surface area contributed by atoms with E-state index in [-0.39, 0.29) is 17.6 Å². The van der Waals surface area contributed by atoms with Crippen molar-refractivity contribution in [2.45, 2.75) is 25.8 Å². The smallest absolute Gasteiger partial charge is 0.197 e. The second-order valence-electron chi connectivity index (χ2n) is 7.63. The van der Waals surface area contributed by atoms with Crippen molar-refractivity contribution in [2.75, 3.05) is 44.7 Å². The molecule has 0 saturated carbocycles. The molecule has 1 fully saturated rings. The standard InChI is InChI=1S/C22H28FN3O3/c1-29-20-8-7-16(23)15-19(20)25-13-11-24(12-14-25)9-4-10-26-21(27)17-5-2-3-6-18(17)22(26)28/h2-3,7-8,15,27-28H,4-6,9-14H2,1H3. The quantitative estimate of drug-likeness (QED) is 0.729. The summed E-state index contributed by atoms with van der Waals surface area (Å²) in [5.41, 5.74) is 2.50. The molecular formula is C22H28FN3O3. The highest BCUT2D eigenvalue weighted by molar-refractivity contribution is 5.59. The second-order valence-corrected chi connectivity index (χ2v) is 7.63. The second kappa shape index (κ2) is 8.37. The maximum atomic E-state index is 13.7. The van der Waals surface area contributed by atoms with Crippen LogP contribution in [0.2, 0.25) is 0 Å². The van der Waals surface area contributed by atoms with Gasteiger partial charge in [0.2, 0.25) is 0 Å². The summed E-state index contributed by atoms with van der Waals surface area (Å²) >= 11 is 0. The number of piperazine rings is 1. The van der Waals surface area contributed by atoms with E-state index in [0.29, 0.717) is 25.1 Å². The number of ether oxygens (including phenoxy) is 1. The molecule has 1 saturated heterocycles. The summed E-state index contributed by atoms with van der Waals surface area (Å²) in [4.78, 5) is 4.52. The molecule has 4 rings (SSSR count). The normalized spacial score (nSPS) is 16.8. The maximum Gasteiger partial charge on any atom is 0.197 e. The number of aromatic nitrogens is 1. The van der Waals surface area contributed by atoms with Gasteiger partial charge in [0.05, 0.1) is 12.8 Å². The molecule has 0 amide bonds. The zero-order valence-electron chi connectivity index (χ0n) is 16.8. The minimum Gasteiger partial charge on any atom is -0.495 e. The third kappa shape index (κ3) is 3.92. The van der Waals surface area contributed by atoms with Crippen LogP contribution in [0.25, 0.3) is 0 Å². The number of anilines is 1.